The molecule has 0 unspecified atom stereocenters. The molecule has 1 rings (SSSR count). The van der Waals surface area contributed by atoms with Gasteiger partial charge in [-0.1, -0.05) is 5.57 Å². The highest BCUT2D eigenvalue weighted by atomic mass is 16.7. The van der Waals surface area contributed by atoms with Gasteiger partial charge in [0.25, 0.3) is 0 Å². The van der Waals surface area contributed by atoms with Crippen molar-refractivity contribution >= 4 is 13.3 Å². The van der Waals surface area contributed by atoms with Crippen LogP contribution in [0.1, 0.15) is 41.5 Å². The molecule has 1 heterocycles. The number of hydrogen-bond acceptors (Lipinski definition) is 3. The van der Waals surface area contributed by atoms with Crippen molar-refractivity contribution in [2.75, 3.05) is 7.05 Å². The molecule has 4 heteroatoms. The van der Waals surface area contributed by atoms with Gasteiger partial charge in [0.05, 0.1) is 11.2 Å². The smallest absolute Gasteiger partial charge is 0.399 e. The van der Waals surface area contributed by atoms with Crippen LogP contribution in [-0.4, -0.2) is 31.6 Å². The van der Waals surface area contributed by atoms with Gasteiger partial charge in [-0.3, -0.25) is 4.99 Å². The number of aliphatic imine (C=N–C) groups is 1. The zero-order valence-corrected chi connectivity index (χ0v) is 11.4. The fraction of sp³-hybridized carbons (Fsp3) is 0.750. The molecule has 0 N–H and O–H groups in total. The van der Waals surface area contributed by atoms with E-state index in [1.807, 2.05) is 20.1 Å². The molecule has 1 aliphatic rings. The molecule has 0 saturated carbocycles. The van der Waals surface area contributed by atoms with Crippen molar-refractivity contribution < 1.29 is 9.31 Å². The minimum atomic E-state index is -0.307. The van der Waals surface area contributed by atoms with Gasteiger partial charge in [0.2, 0.25) is 0 Å². The summed E-state index contributed by atoms with van der Waals surface area (Å²) in [6.07, 6.45) is 1.82. The third kappa shape index (κ3) is 2.38. The highest BCUT2D eigenvalue weighted by Crippen LogP contribution is 2.38. The molecule has 16 heavy (non-hydrogen) atoms. The first-order valence-electron chi connectivity index (χ1n) is 5.66. The zero-order valence-electron chi connectivity index (χ0n) is 11.4. The maximum absolute atomic E-state index is 5.97. The predicted octanol–water partition coefficient (Wildman–Crippen LogP) is 2.65. The molecule has 1 fully saturated rings. The second-order valence-electron chi connectivity index (χ2n) is 5.43. The molecule has 3 nitrogen and oxygen atoms in total. The number of nitrogens with zero attached hydrogens (tertiary/aromatic N) is 1. The van der Waals surface area contributed by atoms with E-state index in [1.54, 1.807) is 7.05 Å². The van der Waals surface area contributed by atoms with Gasteiger partial charge in [-0.25, -0.2) is 0 Å². The van der Waals surface area contributed by atoms with Gasteiger partial charge in [-0.2, -0.15) is 0 Å². The molecule has 0 aliphatic carbocycles. The van der Waals surface area contributed by atoms with Crippen LogP contribution >= 0.6 is 0 Å². The third-order valence-electron chi connectivity index (χ3n) is 3.35. The SMILES string of the molecule is CN=CC(B1OC(C)(C)C(C)(C)O1)=C(C)C. The Hall–Kier alpha value is -0.605. The first-order chi connectivity index (χ1) is 7.21. The fourth-order valence-corrected chi connectivity index (χ4v) is 1.53. The van der Waals surface area contributed by atoms with E-state index < -0.39 is 0 Å². The van der Waals surface area contributed by atoms with E-state index in [0.29, 0.717) is 0 Å². The number of rotatable bonds is 2. The maximum Gasteiger partial charge on any atom is 0.496 e. The second-order valence-corrected chi connectivity index (χ2v) is 5.43. The third-order valence-corrected chi connectivity index (χ3v) is 3.35. The Balaban J connectivity index is 2.99. The summed E-state index contributed by atoms with van der Waals surface area (Å²) >= 11 is 0. The lowest BCUT2D eigenvalue weighted by Gasteiger charge is -2.32. The molecule has 90 valence electrons. The van der Waals surface area contributed by atoms with Crippen molar-refractivity contribution in [3.63, 3.8) is 0 Å². The average Bonchev–Trinajstić information content (AvgIpc) is 2.31. The largest absolute Gasteiger partial charge is 0.496 e. The van der Waals surface area contributed by atoms with Crippen LogP contribution in [0, 0.1) is 0 Å². The lowest BCUT2D eigenvalue weighted by atomic mass is 9.76. The predicted molar refractivity (Wildman–Crippen MR) is 68.9 cm³/mol. The molecule has 0 aromatic rings. The van der Waals surface area contributed by atoms with E-state index >= 15 is 0 Å². The van der Waals surface area contributed by atoms with E-state index in [0.717, 1.165) is 5.47 Å². The molecule has 0 spiro atoms. The molecule has 1 aliphatic heterocycles. The maximum atomic E-state index is 5.97. The molecule has 0 amide bonds. The number of hydrogen-bond donors (Lipinski definition) is 0. The summed E-state index contributed by atoms with van der Waals surface area (Å²) in [5.41, 5.74) is 1.60. The topological polar surface area (TPSA) is 30.8 Å². The molecule has 0 bridgehead atoms. The van der Waals surface area contributed by atoms with Crippen molar-refractivity contribution in [2.24, 2.45) is 4.99 Å². The summed E-state index contributed by atoms with van der Waals surface area (Å²) in [7, 11) is 1.45. The first-order valence-corrected chi connectivity index (χ1v) is 5.66. The number of allylic oxidation sites excluding steroid dienone is 2. The molecular weight excluding hydrogens is 201 g/mol. The quantitative estimate of drug-likeness (QED) is 0.532. The van der Waals surface area contributed by atoms with Crippen LogP contribution in [0.15, 0.2) is 16.0 Å². The summed E-state index contributed by atoms with van der Waals surface area (Å²) in [6.45, 7) is 12.3. The van der Waals surface area contributed by atoms with Crippen molar-refractivity contribution in [3.05, 3.63) is 11.0 Å². The Morgan fingerprint density at radius 2 is 1.50 bits per heavy atom. The van der Waals surface area contributed by atoms with Crippen molar-refractivity contribution in [1.29, 1.82) is 0 Å². The van der Waals surface area contributed by atoms with Gasteiger partial charge in [0, 0.05) is 13.3 Å². The summed E-state index contributed by atoms with van der Waals surface area (Å²) in [5, 5.41) is 0. The normalized spacial score (nSPS) is 22.8. The van der Waals surface area contributed by atoms with E-state index in [-0.39, 0.29) is 18.3 Å². The average molecular weight is 223 g/mol. The Morgan fingerprint density at radius 1 is 1.06 bits per heavy atom. The van der Waals surface area contributed by atoms with Gasteiger partial charge in [0.15, 0.2) is 0 Å². The lowest BCUT2D eigenvalue weighted by Crippen LogP contribution is -2.41. The highest BCUT2D eigenvalue weighted by Gasteiger charge is 2.52. The molecule has 0 aromatic heterocycles. The summed E-state index contributed by atoms with van der Waals surface area (Å²) in [6, 6.07) is 0. The van der Waals surface area contributed by atoms with Gasteiger partial charge in [-0.15, -0.1) is 0 Å². The van der Waals surface area contributed by atoms with Crippen molar-refractivity contribution in [3.8, 4) is 0 Å². The van der Waals surface area contributed by atoms with Crippen molar-refractivity contribution in [1.82, 2.24) is 0 Å². The Labute approximate surface area is 99.1 Å². The van der Waals surface area contributed by atoms with Gasteiger partial charge >= 0.3 is 7.12 Å². The van der Waals surface area contributed by atoms with Crippen LogP contribution in [0.2, 0.25) is 0 Å². The van der Waals surface area contributed by atoms with Crippen LogP contribution in [0.4, 0.5) is 0 Å². The highest BCUT2D eigenvalue weighted by molar-refractivity contribution is 6.60. The second kappa shape index (κ2) is 4.34. The lowest BCUT2D eigenvalue weighted by molar-refractivity contribution is 0.00578. The first kappa shape index (κ1) is 13.5. The van der Waals surface area contributed by atoms with Gasteiger partial charge < -0.3 is 9.31 Å². The minimum Gasteiger partial charge on any atom is -0.399 e. The summed E-state index contributed by atoms with van der Waals surface area (Å²) < 4.78 is 11.9. The van der Waals surface area contributed by atoms with E-state index in [4.69, 9.17) is 9.31 Å². The fourth-order valence-electron chi connectivity index (χ4n) is 1.53. The molecule has 1 saturated heterocycles. The molecule has 0 aromatic carbocycles. The standard InChI is InChI=1S/C12H22BNO2/c1-9(2)10(8-14-7)13-15-11(3,4)12(5,6)16-13/h8H,1-7H3. The summed E-state index contributed by atoms with van der Waals surface area (Å²) in [4.78, 5) is 4.05. The minimum absolute atomic E-state index is 0.292. The molecule has 0 radical (unpaired) electrons. The summed E-state index contributed by atoms with van der Waals surface area (Å²) in [5.74, 6) is 0. The van der Waals surface area contributed by atoms with Crippen LogP contribution in [0.5, 0.6) is 0 Å². The van der Waals surface area contributed by atoms with E-state index in [9.17, 15) is 0 Å². The Kier molecular flexibility index (Phi) is 3.65. The van der Waals surface area contributed by atoms with E-state index in [2.05, 4.69) is 32.7 Å². The van der Waals surface area contributed by atoms with Crippen LogP contribution in [0.3, 0.4) is 0 Å². The zero-order chi connectivity index (χ0) is 12.6. The Morgan fingerprint density at radius 3 is 1.81 bits per heavy atom. The van der Waals surface area contributed by atoms with Crippen molar-refractivity contribution in [2.45, 2.75) is 52.7 Å². The van der Waals surface area contributed by atoms with Gasteiger partial charge in [0.1, 0.15) is 0 Å². The molecule has 0 atom stereocenters. The van der Waals surface area contributed by atoms with E-state index in [1.165, 1.54) is 5.57 Å². The van der Waals surface area contributed by atoms with Crippen LogP contribution < -0.4 is 0 Å². The monoisotopic (exact) mass is 223 g/mol. The van der Waals surface area contributed by atoms with Crippen LogP contribution in [-0.2, 0) is 9.31 Å². The molecular formula is C12H22BNO2. The van der Waals surface area contributed by atoms with Gasteiger partial charge in [-0.05, 0) is 47.0 Å². The van der Waals surface area contributed by atoms with Crippen LogP contribution in [0.25, 0.3) is 0 Å². The Bertz CT molecular complexity index is 312.